The van der Waals surface area contributed by atoms with E-state index in [-0.39, 0.29) is 0 Å². The van der Waals surface area contributed by atoms with Crippen LogP contribution in [0.4, 0.5) is 0 Å². The third-order valence-electron chi connectivity index (χ3n) is 1.84. The summed E-state index contributed by atoms with van der Waals surface area (Å²) in [6.45, 7) is 2.99. The van der Waals surface area contributed by atoms with Crippen LogP contribution < -0.4 is 5.32 Å². The molecule has 1 atom stereocenters. The normalized spacial score (nSPS) is 43.0. The van der Waals surface area contributed by atoms with Gasteiger partial charge in [0.25, 0.3) is 0 Å². The zero-order valence-electron chi connectivity index (χ0n) is 4.72. The zero-order valence-corrected chi connectivity index (χ0v) is 4.72. The van der Waals surface area contributed by atoms with Gasteiger partial charge < -0.3 is 5.32 Å². The molecule has 1 unspecified atom stereocenters. The van der Waals surface area contributed by atoms with Crippen molar-refractivity contribution >= 4 is 0 Å². The molecule has 0 aromatic carbocycles. The first-order chi connectivity index (χ1) is 3.91. The molecule has 0 saturated carbocycles. The second kappa shape index (κ2) is 1.29. The van der Waals surface area contributed by atoms with E-state index >= 15 is 0 Å². The maximum Gasteiger partial charge on any atom is 0.0793 e. The number of azo groups is 1. The second-order valence-corrected chi connectivity index (χ2v) is 2.55. The summed E-state index contributed by atoms with van der Waals surface area (Å²) in [5.41, 5.74) is 0.418. The van der Waals surface area contributed by atoms with E-state index in [0.717, 1.165) is 19.6 Å². The monoisotopic (exact) mass is 111 g/mol. The smallest absolute Gasteiger partial charge is 0.0793 e. The summed E-state index contributed by atoms with van der Waals surface area (Å²) >= 11 is 0. The van der Waals surface area contributed by atoms with Gasteiger partial charge in [-0.25, -0.2) is 0 Å². The fourth-order valence-corrected chi connectivity index (χ4v) is 1.01. The molecule has 0 aromatic heterocycles. The van der Waals surface area contributed by atoms with E-state index in [1.165, 1.54) is 6.42 Å². The molecule has 1 spiro atoms. The Balaban J connectivity index is 2.08. The van der Waals surface area contributed by atoms with Gasteiger partial charge in [0.05, 0.1) is 18.6 Å². The van der Waals surface area contributed by atoms with Gasteiger partial charge in [0.1, 0.15) is 0 Å². The van der Waals surface area contributed by atoms with Crippen LogP contribution in [0.2, 0.25) is 0 Å². The lowest BCUT2D eigenvalue weighted by Gasteiger charge is -2.10. The molecule has 0 aliphatic carbocycles. The molecular formula is C5H9N3. The zero-order chi connectivity index (χ0) is 5.45. The highest BCUT2D eigenvalue weighted by atomic mass is 15.2. The van der Waals surface area contributed by atoms with Gasteiger partial charge in [0.2, 0.25) is 0 Å². The molecular weight excluding hydrogens is 102 g/mol. The minimum absolute atomic E-state index is 0.418. The molecule has 0 radical (unpaired) electrons. The molecule has 1 fully saturated rings. The Labute approximate surface area is 48.2 Å². The highest BCUT2D eigenvalue weighted by Crippen LogP contribution is 2.24. The standard InChI is InChI=1S/C5H9N3/c1-2-7-8-4-5(1)3-6-5/h6H,1-4H2. The first kappa shape index (κ1) is 4.44. The van der Waals surface area contributed by atoms with Crippen molar-refractivity contribution in [2.24, 2.45) is 10.2 Å². The van der Waals surface area contributed by atoms with Crippen molar-refractivity contribution in [1.82, 2.24) is 5.32 Å². The van der Waals surface area contributed by atoms with Crippen molar-refractivity contribution < 1.29 is 0 Å². The van der Waals surface area contributed by atoms with E-state index in [9.17, 15) is 0 Å². The average molecular weight is 111 g/mol. The van der Waals surface area contributed by atoms with Gasteiger partial charge in [0, 0.05) is 6.54 Å². The van der Waals surface area contributed by atoms with E-state index in [0.29, 0.717) is 5.54 Å². The van der Waals surface area contributed by atoms with Gasteiger partial charge in [0.15, 0.2) is 0 Å². The topological polar surface area (TPSA) is 46.7 Å². The van der Waals surface area contributed by atoms with E-state index < -0.39 is 0 Å². The number of nitrogens with one attached hydrogen (secondary N) is 1. The van der Waals surface area contributed by atoms with E-state index in [1.807, 2.05) is 0 Å². The Hall–Kier alpha value is -0.440. The van der Waals surface area contributed by atoms with Crippen LogP contribution >= 0.6 is 0 Å². The summed E-state index contributed by atoms with van der Waals surface area (Å²) in [6, 6.07) is 0. The molecule has 8 heavy (non-hydrogen) atoms. The predicted molar refractivity (Wildman–Crippen MR) is 29.9 cm³/mol. The molecule has 1 saturated heterocycles. The van der Waals surface area contributed by atoms with Gasteiger partial charge in [-0.05, 0) is 6.42 Å². The molecule has 0 bridgehead atoms. The Morgan fingerprint density at radius 3 is 2.62 bits per heavy atom. The fraction of sp³-hybridized carbons (Fsp3) is 1.00. The largest absolute Gasteiger partial charge is 0.306 e. The van der Waals surface area contributed by atoms with Crippen molar-refractivity contribution in [1.29, 1.82) is 0 Å². The molecule has 3 nitrogen and oxygen atoms in total. The first-order valence-corrected chi connectivity index (χ1v) is 3.00. The van der Waals surface area contributed by atoms with Crippen LogP contribution in [0.25, 0.3) is 0 Å². The van der Waals surface area contributed by atoms with Crippen LogP contribution in [0.1, 0.15) is 6.42 Å². The first-order valence-electron chi connectivity index (χ1n) is 3.00. The fourth-order valence-electron chi connectivity index (χ4n) is 1.01. The summed E-state index contributed by atoms with van der Waals surface area (Å²) in [6.07, 6.45) is 1.19. The van der Waals surface area contributed by atoms with Crippen LogP contribution in [-0.2, 0) is 0 Å². The van der Waals surface area contributed by atoms with E-state index in [2.05, 4.69) is 15.5 Å². The van der Waals surface area contributed by atoms with Crippen molar-refractivity contribution in [3.63, 3.8) is 0 Å². The van der Waals surface area contributed by atoms with Crippen molar-refractivity contribution in [2.45, 2.75) is 12.0 Å². The van der Waals surface area contributed by atoms with E-state index in [4.69, 9.17) is 0 Å². The number of hydrogen-bond donors (Lipinski definition) is 1. The molecule has 44 valence electrons. The third kappa shape index (κ3) is 0.545. The Kier molecular flexibility index (Phi) is 0.713. The summed E-state index contributed by atoms with van der Waals surface area (Å²) in [4.78, 5) is 0. The van der Waals surface area contributed by atoms with Crippen LogP contribution in [0.3, 0.4) is 0 Å². The van der Waals surface area contributed by atoms with Crippen LogP contribution in [0, 0.1) is 0 Å². The molecule has 0 amide bonds. The number of rotatable bonds is 0. The van der Waals surface area contributed by atoms with Gasteiger partial charge in [-0.15, -0.1) is 0 Å². The minimum atomic E-state index is 0.418. The molecule has 2 aliphatic heterocycles. The van der Waals surface area contributed by atoms with Gasteiger partial charge in [-0.2, -0.15) is 10.2 Å². The van der Waals surface area contributed by atoms with Gasteiger partial charge in [-0.3, -0.25) is 0 Å². The number of hydrogen-bond acceptors (Lipinski definition) is 3. The SMILES string of the molecule is C1CC2(CN=N1)CN2. The lowest BCUT2D eigenvalue weighted by atomic mass is 10.1. The molecule has 2 heterocycles. The Morgan fingerprint density at radius 1 is 1.38 bits per heavy atom. The predicted octanol–water partition coefficient (Wildman–Crippen LogP) is 0.184. The second-order valence-electron chi connectivity index (χ2n) is 2.55. The maximum absolute atomic E-state index is 3.95. The highest BCUT2D eigenvalue weighted by molar-refractivity contribution is 5.06. The molecule has 0 aromatic rings. The molecule has 1 N–H and O–H groups in total. The maximum atomic E-state index is 3.95. The highest BCUT2D eigenvalue weighted by Gasteiger charge is 2.42. The molecule has 3 heteroatoms. The van der Waals surface area contributed by atoms with Crippen LogP contribution in [0.15, 0.2) is 10.2 Å². The van der Waals surface area contributed by atoms with Crippen LogP contribution in [0.5, 0.6) is 0 Å². The quantitative estimate of drug-likeness (QED) is 0.445. The number of nitrogens with zero attached hydrogens (tertiary/aromatic N) is 2. The van der Waals surface area contributed by atoms with Crippen molar-refractivity contribution in [2.75, 3.05) is 19.6 Å². The summed E-state index contributed by atoms with van der Waals surface area (Å²) < 4.78 is 0. The van der Waals surface area contributed by atoms with Crippen LogP contribution in [-0.4, -0.2) is 25.2 Å². The lowest BCUT2D eigenvalue weighted by molar-refractivity contribution is 0.525. The summed E-state index contributed by atoms with van der Waals surface area (Å²) in [5.74, 6) is 0. The van der Waals surface area contributed by atoms with E-state index in [1.54, 1.807) is 0 Å². The summed E-state index contributed by atoms with van der Waals surface area (Å²) in [5, 5.41) is 11.1. The Morgan fingerprint density at radius 2 is 2.25 bits per heavy atom. The molecule has 2 rings (SSSR count). The molecule has 2 aliphatic rings. The Bertz CT molecular complexity index is 126. The third-order valence-corrected chi connectivity index (χ3v) is 1.84. The van der Waals surface area contributed by atoms with Gasteiger partial charge in [-0.1, -0.05) is 0 Å². The minimum Gasteiger partial charge on any atom is -0.306 e. The average Bonchev–Trinajstić information content (AvgIpc) is 2.52. The lowest BCUT2D eigenvalue weighted by Crippen LogP contribution is -2.23. The van der Waals surface area contributed by atoms with Gasteiger partial charge >= 0.3 is 0 Å². The summed E-state index contributed by atoms with van der Waals surface area (Å²) in [7, 11) is 0. The van der Waals surface area contributed by atoms with Crippen molar-refractivity contribution in [3.05, 3.63) is 0 Å². The van der Waals surface area contributed by atoms with Crippen molar-refractivity contribution in [3.8, 4) is 0 Å².